The maximum atomic E-state index is 11.2. The minimum absolute atomic E-state index is 0.184. The number of primary amides is 1. The van der Waals surface area contributed by atoms with Crippen LogP contribution in [-0.4, -0.2) is 24.5 Å². The second-order valence-electron chi connectivity index (χ2n) is 5.90. The van der Waals surface area contributed by atoms with Crippen molar-refractivity contribution in [3.8, 4) is 0 Å². The molecular formula is C17H18ClN3O. The molecule has 0 radical (unpaired) electrons. The molecule has 1 aliphatic carbocycles. The molecule has 1 aliphatic rings. The predicted octanol–water partition coefficient (Wildman–Crippen LogP) is 3.00. The fourth-order valence-electron chi connectivity index (χ4n) is 2.86. The first-order valence-corrected chi connectivity index (χ1v) is 7.62. The maximum Gasteiger partial charge on any atom is 0.250 e. The van der Waals surface area contributed by atoms with Crippen LogP contribution in [0.4, 0.5) is 5.82 Å². The number of aromatic nitrogens is 1. The standard InChI is InChI=1S/C17H18ClN3O/c1-21(16-14(18)9-12(10-20-16)15(19)22)11-17(7-8-17)13-5-3-2-4-6-13/h2-6,9-10H,7-8,11H2,1H3,(H2,19,22). The zero-order chi connectivity index (χ0) is 15.7. The summed E-state index contributed by atoms with van der Waals surface area (Å²) in [6.45, 7) is 0.847. The number of pyridine rings is 1. The van der Waals surface area contributed by atoms with Gasteiger partial charge in [0, 0.05) is 25.2 Å². The molecule has 114 valence electrons. The Bertz CT molecular complexity index is 698. The number of rotatable bonds is 5. The number of anilines is 1. The van der Waals surface area contributed by atoms with E-state index in [0.717, 1.165) is 6.54 Å². The van der Waals surface area contributed by atoms with E-state index in [9.17, 15) is 4.79 Å². The molecule has 22 heavy (non-hydrogen) atoms. The van der Waals surface area contributed by atoms with E-state index in [1.165, 1.54) is 24.6 Å². The van der Waals surface area contributed by atoms with Crippen LogP contribution in [0, 0.1) is 0 Å². The summed E-state index contributed by atoms with van der Waals surface area (Å²) in [4.78, 5) is 17.5. The first kappa shape index (κ1) is 14.9. The Morgan fingerprint density at radius 1 is 1.36 bits per heavy atom. The van der Waals surface area contributed by atoms with Crippen molar-refractivity contribution in [2.75, 3.05) is 18.5 Å². The molecule has 2 N–H and O–H groups in total. The molecule has 0 bridgehead atoms. The minimum atomic E-state index is -0.522. The quantitative estimate of drug-likeness (QED) is 0.922. The molecule has 1 saturated carbocycles. The van der Waals surface area contributed by atoms with E-state index in [1.807, 2.05) is 18.0 Å². The molecule has 0 atom stereocenters. The van der Waals surface area contributed by atoms with Gasteiger partial charge in [0.2, 0.25) is 5.91 Å². The van der Waals surface area contributed by atoms with Gasteiger partial charge in [-0.05, 0) is 24.5 Å². The number of hydrogen-bond acceptors (Lipinski definition) is 3. The molecule has 3 rings (SSSR count). The van der Waals surface area contributed by atoms with Gasteiger partial charge in [0.25, 0.3) is 0 Å². The first-order valence-electron chi connectivity index (χ1n) is 7.24. The average Bonchev–Trinajstić information content (AvgIpc) is 3.28. The highest BCUT2D eigenvalue weighted by Crippen LogP contribution is 2.49. The lowest BCUT2D eigenvalue weighted by atomic mass is 9.95. The van der Waals surface area contributed by atoms with Gasteiger partial charge in [0.05, 0.1) is 10.6 Å². The zero-order valence-electron chi connectivity index (χ0n) is 12.4. The van der Waals surface area contributed by atoms with Crippen LogP contribution in [-0.2, 0) is 5.41 Å². The smallest absolute Gasteiger partial charge is 0.250 e. The molecule has 2 aromatic rings. The highest BCUT2D eigenvalue weighted by Gasteiger charge is 2.45. The molecule has 1 aromatic carbocycles. The molecule has 1 heterocycles. The molecule has 1 fully saturated rings. The summed E-state index contributed by atoms with van der Waals surface area (Å²) in [7, 11) is 1.97. The van der Waals surface area contributed by atoms with Gasteiger partial charge >= 0.3 is 0 Å². The minimum Gasteiger partial charge on any atom is -0.366 e. The molecule has 4 nitrogen and oxygen atoms in total. The van der Waals surface area contributed by atoms with Gasteiger partial charge in [-0.25, -0.2) is 4.98 Å². The van der Waals surface area contributed by atoms with Crippen molar-refractivity contribution in [1.29, 1.82) is 0 Å². The molecule has 0 saturated heterocycles. The SMILES string of the molecule is CN(CC1(c2ccccc2)CC1)c1ncc(C(N)=O)cc1Cl. The van der Waals surface area contributed by atoms with E-state index in [2.05, 4.69) is 29.2 Å². The van der Waals surface area contributed by atoms with Crippen molar-refractivity contribution in [3.05, 3.63) is 58.7 Å². The summed E-state index contributed by atoms with van der Waals surface area (Å²) in [5.41, 5.74) is 7.11. The number of amides is 1. The Kier molecular flexibility index (Phi) is 3.79. The second-order valence-corrected chi connectivity index (χ2v) is 6.30. The van der Waals surface area contributed by atoms with Crippen LogP contribution in [0.2, 0.25) is 5.02 Å². The lowest BCUT2D eigenvalue weighted by Gasteiger charge is -2.26. The van der Waals surface area contributed by atoms with Gasteiger partial charge < -0.3 is 10.6 Å². The average molecular weight is 316 g/mol. The largest absolute Gasteiger partial charge is 0.366 e. The molecule has 5 heteroatoms. The highest BCUT2D eigenvalue weighted by molar-refractivity contribution is 6.33. The van der Waals surface area contributed by atoms with Gasteiger partial charge in [0.15, 0.2) is 0 Å². The van der Waals surface area contributed by atoms with E-state index in [-0.39, 0.29) is 5.41 Å². The maximum absolute atomic E-state index is 11.2. The monoisotopic (exact) mass is 315 g/mol. The van der Waals surface area contributed by atoms with Crippen LogP contribution in [0.25, 0.3) is 0 Å². The number of hydrogen-bond donors (Lipinski definition) is 1. The van der Waals surface area contributed by atoms with Crippen molar-refractivity contribution < 1.29 is 4.79 Å². The number of benzene rings is 1. The third-order valence-electron chi connectivity index (χ3n) is 4.25. The van der Waals surface area contributed by atoms with E-state index in [1.54, 1.807) is 6.07 Å². The van der Waals surface area contributed by atoms with E-state index < -0.39 is 5.91 Å². The third-order valence-corrected chi connectivity index (χ3v) is 4.53. The molecule has 0 aliphatic heterocycles. The van der Waals surface area contributed by atoms with Gasteiger partial charge in [-0.1, -0.05) is 41.9 Å². The lowest BCUT2D eigenvalue weighted by molar-refractivity contribution is 0.1000. The summed E-state index contributed by atoms with van der Waals surface area (Å²) < 4.78 is 0. The first-order chi connectivity index (χ1) is 10.5. The molecule has 1 aromatic heterocycles. The van der Waals surface area contributed by atoms with E-state index in [4.69, 9.17) is 17.3 Å². The van der Waals surface area contributed by atoms with E-state index >= 15 is 0 Å². The summed E-state index contributed by atoms with van der Waals surface area (Å²) in [5.74, 6) is 0.153. The number of nitrogens with two attached hydrogens (primary N) is 1. The zero-order valence-corrected chi connectivity index (χ0v) is 13.2. The number of carbonyl (C=O) groups is 1. The summed E-state index contributed by atoms with van der Waals surface area (Å²) in [5, 5.41) is 0.447. The Balaban J connectivity index is 1.81. The van der Waals surface area contributed by atoms with Crippen LogP contribution in [0.3, 0.4) is 0 Å². The Hall–Kier alpha value is -2.07. The molecule has 1 amide bonds. The number of halogens is 1. The lowest BCUT2D eigenvalue weighted by Crippen LogP contribution is -2.30. The van der Waals surface area contributed by atoms with Gasteiger partial charge in [-0.15, -0.1) is 0 Å². The number of carbonyl (C=O) groups excluding carboxylic acids is 1. The van der Waals surface area contributed by atoms with Crippen LogP contribution in [0.5, 0.6) is 0 Å². The highest BCUT2D eigenvalue weighted by atomic mass is 35.5. The fourth-order valence-corrected chi connectivity index (χ4v) is 3.17. The summed E-state index contributed by atoms with van der Waals surface area (Å²) in [6.07, 6.45) is 3.80. The van der Waals surface area contributed by atoms with Crippen molar-refractivity contribution >= 4 is 23.3 Å². The van der Waals surface area contributed by atoms with Crippen LogP contribution < -0.4 is 10.6 Å². The van der Waals surface area contributed by atoms with Crippen molar-refractivity contribution in [2.24, 2.45) is 5.73 Å². The van der Waals surface area contributed by atoms with Crippen molar-refractivity contribution in [1.82, 2.24) is 4.98 Å². The van der Waals surface area contributed by atoms with Gasteiger partial charge in [0.1, 0.15) is 5.82 Å². The normalized spacial score (nSPS) is 15.4. The number of nitrogens with zero attached hydrogens (tertiary/aromatic N) is 2. The van der Waals surface area contributed by atoms with Gasteiger partial charge in [-0.3, -0.25) is 4.79 Å². The Labute approximate surface area is 134 Å². The second kappa shape index (κ2) is 5.61. The Morgan fingerprint density at radius 2 is 2.05 bits per heavy atom. The third kappa shape index (κ3) is 2.79. The van der Waals surface area contributed by atoms with Crippen LogP contribution in [0.1, 0.15) is 28.8 Å². The fraction of sp³-hybridized carbons (Fsp3) is 0.294. The molecular weight excluding hydrogens is 298 g/mol. The molecule has 0 spiro atoms. The van der Waals surface area contributed by atoms with Crippen LogP contribution in [0.15, 0.2) is 42.6 Å². The van der Waals surface area contributed by atoms with Crippen molar-refractivity contribution in [3.63, 3.8) is 0 Å². The molecule has 0 unspecified atom stereocenters. The topological polar surface area (TPSA) is 59.2 Å². The Morgan fingerprint density at radius 3 is 2.59 bits per heavy atom. The summed E-state index contributed by atoms with van der Waals surface area (Å²) >= 11 is 6.25. The summed E-state index contributed by atoms with van der Waals surface area (Å²) in [6, 6.07) is 12.1. The van der Waals surface area contributed by atoms with Crippen LogP contribution >= 0.6 is 11.6 Å². The van der Waals surface area contributed by atoms with Gasteiger partial charge in [-0.2, -0.15) is 0 Å². The predicted molar refractivity (Wildman–Crippen MR) is 88.4 cm³/mol. The van der Waals surface area contributed by atoms with E-state index in [0.29, 0.717) is 16.4 Å². The van der Waals surface area contributed by atoms with Crippen molar-refractivity contribution in [2.45, 2.75) is 18.3 Å². The number of likely N-dealkylation sites (N-methyl/N-ethyl adjacent to an activating group) is 1.